The third-order valence-corrected chi connectivity index (χ3v) is 5.23. The van der Waals surface area contributed by atoms with Crippen molar-refractivity contribution >= 4 is 5.91 Å². The highest BCUT2D eigenvalue weighted by Crippen LogP contribution is 2.23. The molecule has 4 nitrogen and oxygen atoms in total. The number of nitrogens with zero attached hydrogens (tertiary/aromatic N) is 2. The van der Waals surface area contributed by atoms with Gasteiger partial charge in [0.05, 0.1) is 12.7 Å². The molecular formula is C22H28N2O2. The molecule has 1 saturated heterocycles. The van der Waals surface area contributed by atoms with Crippen LogP contribution in [0.5, 0.6) is 5.75 Å². The van der Waals surface area contributed by atoms with E-state index in [1.54, 1.807) is 7.11 Å². The van der Waals surface area contributed by atoms with Crippen LogP contribution in [-0.2, 0) is 6.42 Å². The number of rotatable bonds is 5. The van der Waals surface area contributed by atoms with E-state index >= 15 is 0 Å². The van der Waals surface area contributed by atoms with E-state index in [1.165, 1.54) is 5.56 Å². The van der Waals surface area contributed by atoms with E-state index in [4.69, 9.17) is 4.74 Å². The van der Waals surface area contributed by atoms with Crippen molar-refractivity contribution in [2.24, 2.45) is 0 Å². The lowest BCUT2D eigenvalue weighted by Gasteiger charge is -2.44. The van der Waals surface area contributed by atoms with Crippen molar-refractivity contribution in [3.05, 3.63) is 65.7 Å². The third kappa shape index (κ3) is 4.07. The molecule has 138 valence electrons. The smallest absolute Gasteiger partial charge is 0.257 e. The fourth-order valence-electron chi connectivity index (χ4n) is 3.86. The number of hydrogen-bond donors (Lipinski definition) is 0. The average Bonchev–Trinajstić information content (AvgIpc) is 2.67. The Hall–Kier alpha value is -2.33. The van der Waals surface area contributed by atoms with Crippen LogP contribution in [0, 0.1) is 0 Å². The van der Waals surface area contributed by atoms with E-state index in [1.807, 2.05) is 29.2 Å². The molecule has 0 bridgehead atoms. The molecule has 3 rings (SSSR count). The summed E-state index contributed by atoms with van der Waals surface area (Å²) in [7, 11) is 1.61. The summed E-state index contributed by atoms with van der Waals surface area (Å²) in [5.74, 6) is 0.702. The first kappa shape index (κ1) is 18.5. The van der Waals surface area contributed by atoms with Gasteiger partial charge in [-0.05, 0) is 38.0 Å². The number of carbonyl (C=O) groups excluding carboxylic acids is 1. The molecule has 0 spiro atoms. The number of amides is 1. The van der Waals surface area contributed by atoms with Gasteiger partial charge in [0.25, 0.3) is 5.91 Å². The van der Waals surface area contributed by atoms with Crippen LogP contribution < -0.4 is 4.74 Å². The van der Waals surface area contributed by atoms with Gasteiger partial charge in [-0.2, -0.15) is 0 Å². The standard InChI is InChI=1S/C22H28N2O2/c1-17-15-23(22(25)20-11-7-8-12-21(20)26-3)16-18(2)24(17)14-13-19-9-5-4-6-10-19/h4-12,17-18H,13-16H2,1-3H3. The molecule has 2 aromatic rings. The highest BCUT2D eigenvalue weighted by Gasteiger charge is 2.32. The van der Waals surface area contributed by atoms with Crippen LogP contribution in [-0.4, -0.2) is 54.5 Å². The Balaban J connectivity index is 1.65. The van der Waals surface area contributed by atoms with Crippen LogP contribution in [0.4, 0.5) is 0 Å². The summed E-state index contributed by atoms with van der Waals surface area (Å²) in [6, 6.07) is 18.7. The molecule has 0 aliphatic carbocycles. The summed E-state index contributed by atoms with van der Waals surface area (Å²) in [6.45, 7) is 6.93. The quantitative estimate of drug-likeness (QED) is 0.826. The maximum absolute atomic E-state index is 13.0. The van der Waals surface area contributed by atoms with Crippen LogP contribution in [0.3, 0.4) is 0 Å². The first-order valence-corrected chi connectivity index (χ1v) is 9.32. The van der Waals surface area contributed by atoms with Gasteiger partial charge in [0.1, 0.15) is 5.75 Å². The SMILES string of the molecule is COc1ccccc1C(=O)N1CC(C)N(CCc2ccccc2)C(C)C1. The van der Waals surface area contributed by atoms with E-state index < -0.39 is 0 Å². The Morgan fingerprint density at radius 1 is 1.00 bits per heavy atom. The third-order valence-electron chi connectivity index (χ3n) is 5.23. The predicted molar refractivity (Wildman–Crippen MR) is 105 cm³/mol. The first-order valence-electron chi connectivity index (χ1n) is 9.32. The van der Waals surface area contributed by atoms with Crippen LogP contribution in [0.1, 0.15) is 29.8 Å². The van der Waals surface area contributed by atoms with Crippen molar-refractivity contribution in [1.82, 2.24) is 9.80 Å². The van der Waals surface area contributed by atoms with Crippen molar-refractivity contribution < 1.29 is 9.53 Å². The average molecular weight is 352 g/mol. The zero-order chi connectivity index (χ0) is 18.5. The van der Waals surface area contributed by atoms with Crippen molar-refractivity contribution in [2.75, 3.05) is 26.7 Å². The van der Waals surface area contributed by atoms with Crippen LogP contribution in [0.2, 0.25) is 0 Å². The van der Waals surface area contributed by atoms with Gasteiger partial charge in [0, 0.05) is 31.7 Å². The summed E-state index contributed by atoms with van der Waals surface area (Å²) in [5, 5.41) is 0. The van der Waals surface area contributed by atoms with Gasteiger partial charge < -0.3 is 9.64 Å². The van der Waals surface area contributed by atoms with Gasteiger partial charge in [-0.3, -0.25) is 9.69 Å². The minimum absolute atomic E-state index is 0.0591. The number of ether oxygens (including phenoxy) is 1. The summed E-state index contributed by atoms with van der Waals surface area (Å²) in [4.78, 5) is 17.5. The van der Waals surface area contributed by atoms with Gasteiger partial charge in [-0.1, -0.05) is 42.5 Å². The highest BCUT2D eigenvalue weighted by molar-refractivity contribution is 5.97. The van der Waals surface area contributed by atoms with Gasteiger partial charge >= 0.3 is 0 Å². The molecule has 2 atom stereocenters. The normalized spacial score (nSPS) is 20.8. The molecule has 2 aromatic carbocycles. The van der Waals surface area contributed by atoms with Crippen molar-refractivity contribution in [3.63, 3.8) is 0 Å². The van der Waals surface area contributed by atoms with Crippen molar-refractivity contribution in [1.29, 1.82) is 0 Å². The molecule has 2 unspecified atom stereocenters. The summed E-state index contributed by atoms with van der Waals surface area (Å²) < 4.78 is 5.36. The Labute approximate surface area is 156 Å². The number of methoxy groups -OCH3 is 1. The van der Waals surface area contributed by atoms with Crippen molar-refractivity contribution in [2.45, 2.75) is 32.4 Å². The molecule has 26 heavy (non-hydrogen) atoms. The number of hydrogen-bond acceptors (Lipinski definition) is 3. The highest BCUT2D eigenvalue weighted by atomic mass is 16.5. The van der Waals surface area contributed by atoms with Gasteiger partial charge in [-0.15, -0.1) is 0 Å². The minimum Gasteiger partial charge on any atom is -0.496 e. The van der Waals surface area contributed by atoms with Gasteiger partial charge in [-0.25, -0.2) is 0 Å². The van der Waals surface area contributed by atoms with E-state index in [9.17, 15) is 4.79 Å². The zero-order valence-corrected chi connectivity index (χ0v) is 15.9. The lowest BCUT2D eigenvalue weighted by Crippen LogP contribution is -2.58. The van der Waals surface area contributed by atoms with E-state index in [-0.39, 0.29) is 5.91 Å². The van der Waals surface area contributed by atoms with Crippen molar-refractivity contribution in [3.8, 4) is 5.75 Å². The second-order valence-electron chi connectivity index (χ2n) is 7.08. The topological polar surface area (TPSA) is 32.8 Å². The summed E-state index contributed by atoms with van der Waals surface area (Å²) in [5.41, 5.74) is 2.01. The molecule has 1 aliphatic rings. The van der Waals surface area contributed by atoms with E-state index in [0.717, 1.165) is 26.1 Å². The van der Waals surface area contributed by atoms with Crippen LogP contribution >= 0.6 is 0 Å². The Kier molecular flexibility index (Phi) is 5.94. The van der Waals surface area contributed by atoms with E-state index in [2.05, 4.69) is 49.1 Å². The summed E-state index contributed by atoms with van der Waals surface area (Å²) >= 11 is 0. The first-order chi connectivity index (χ1) is 12.6. The Bertz CT molecular complexity index is 720. The molecule has 1 heterocycles. The molecular weight excluding hydrogens is 324 g/mol. The maximum Gasteiger partial charge on any atom is 0.257 e. The lowest BCUT2D eigenvalue weighted by atomic mass is 10.0. The Morgan fingerprint density at radius 2 is 1.62 bits per heavy atom. The number of piperazine rings is 1. The van der Waals surface area contributed by atoms with Crippen LogP contribution in [0.15, 0.2) is 54.6 Å². The maximum atomic E-state index is 13.0. The number of carbonyl (C=O) groups is 1. The minimum atomic E-state index is 0.0591. The molecule has 4 heteroatoms. The summed E-state index contributed by atoms with van der Waals surface area (Å²) in [6.07, 6.45) is 1.04. The molecule has 1 aliphatic heterocycles. The molecule has 1 amide bonds. The van der Waals surface area contributed by atoms with Gasteiger partial charge in [0.15, 0.2) is 0 Å². The molecule has 0 radical (unpaired) electrons. The monoisotopic (exact) mass is 352 g/mol. The molecule has 0 saturated carbocycles. The predicted octanol–water partition coefficient (Wildman–Crippen LogP) is 3.47. The number of benzene rings is 2. The van der Waals surface area contributed by atoms with Crippen LogP contribution in [0.25, 0.3) is 0 Å². The number of para-hydroxylation sites is 1. The zero-order valence-electron chi connectivity index (χ0n) is 15.9. The Morgan fingerprint density at radius 3 is 2.27 bits per heavy atom. The lowest BCUT2D eigenvalue weighted by molar-refractivity contribution is 0.0309. The molecule has 1 fully saturated rings. The molecule has 0 aromatic heterocycles. The van der Waals surface area contributed by atoms with Gasteiger partial charge in [0.2, 0.25) is 0 Å². The second kappa shape index (κ2) is 8.37. The fourth-order valence-corrected chi connectivity index (χ4v) is 3.86. The fraction of sp³-hybridized carbons (Fsp3) is 0.409. The largest absolute Gasteiger partial charge is 0.496 e. The van der Waals surface area contributed by atoms with E-state index in [0.29, 0.717) is 23.4 Å². The second-order valence-corrected chi connectivity index (χ2v) is 7.08. The molecule has 0 N–H and O–H groups in total.